The number of fused-ring (bicyclic) bond motifs is 1. The maximum Gasteiger partial charge on any atom is 0.0905 e. The van der Waals surface area contributed by atoms with E-state index in [0.717, 1.165) is 11.8 Å². The summed E-state index contributed by atoms with van der Waals surface area (Å²) in [7, 11) is 2.47. The molecule has 0 aromatic heterocycles. The van der Waals surface area contributed by atoms with Gasteiger partial charge in [-0.05, 0) is 54.5 Å². The molecule has 2 nitrogen and oxygen atoms in total. The molecule has 106 valence electrons. The van der Waals surface area contributed by atoms with Gasteiger partial charge in [0, 0.05) is 23.9 Å². The molecule has 2 aliphatic rings. The Bertz CT molecular complexity index is 310. The highest BCUT2D eigenvalue weighted by Crippen LogP contribution is 2.40. The average Bonchev–Trinajstić information content (AvgIpc) is 2.51. The molecule has 2 saturated heterocycles. The summed E-state index contributed by atoms with van der Waals surface area (Å²) in [6.45, 7) is 19.7. The van der Waals surface area contributed by atoms with Crippen LogP contribution < -0.4 is 0 Å². The van der Waals surface area contributed by atoms with Gasteiger partial charge in [-0.2, -0.15) is 0 Å². The van der Waals surface area contributed by atoms with Gasteiger partial charge in [0.15, 0.2) is 0 Å². The standard InChI is InChI=1S/C16H33N2/c1-15(2,3)17-9-8-13-11-18(7,16(4,5)6)12-14(13)10-17/h13-14H,8-12H2,1-7H3/q+1. The van der Waals surface area contributed by atoms with Gasteiger partial charge < -0.3 is 4.48 Å². The first-order chi connectivity index (χ1) is 8.03. The summed E-state index contributed by atoms with van der Waals surface area (Å²) >= 11 is 0. The highest BCUT2D eigenvalue weighted by Gasteiger charge is 2.50. The normalized spacial score (nSPS) is 38.8. The van der Waals surface area contributed by atoms with Crippen molar-refractivity contribution in [2.24, 2.45) is 11.8 Å². The second-order valence-corrected chi connectivity index (χ2v) is 8.86. The summed E-state index contributed by atoms with van der Waals surface area (Å²) in [5.74, 6) is 1.88. The van der Waals surface area contributed by atoms with E-state index < -0.39 is 0 Å². The van der Waals surface area contributed by atoms with E-state index >= 15 is 0 Å². The number of quaternary nitrogens is 1. The van der Waals surface area contributed by atoms with Crippen LogP contribution in [-0.2, 0) is 0 Å². The average molecular weight is 253 g/mol. The van der Waals surface area contributed by atoms with E-state index in [1.807, 2.05) is 0 Å². The van der Waals surface area contributed by atoms with Crippen molar-refractivity contribution in [2.75, 3.05) is 33.2 Å². The van der Waals surface area contributed by atoms with Crippen molar-refractivity contribution >= 4 is 0 Å². The Hall–Kier alpha value is -0.0800. The largest absolute Gasteiger partial charge is 0.321 e. The van der Waals surface area contributed by atoms with E-state index in [2.05, 4.69) is 53.5 Å². The lowest BCUT2D eigenvalue weighted by molar-refractivity contribution is -0.945. The van der Waals surface area contributed by atoms with Crippen molar-refractivity contribution in [2.45, 2.75) is 59.0 Å². The fourth-order valence-corrected chi connectivity index (χ4v) is 3.79. The smallest absolute Gasteiger partial charge is 0.0905 e. The van der Waals surface area contributed by atoms with Crippen LogP contribution in [-0.4, -0.2) is 53.7 Å². The van der Waals surface area contributed by atoms with Gasteiger partial charge in [0.1, 0.15) is 0 Å². The molecular formula is C16H33N2+. The number of hydrogen-bond acceptors (Lipinski definition) is 1. The minimum Gasteiger partial charge on any atom is -0.321 e. The molecule has 2 heteroatoms. The van der Waals surface area contributed by atoms with Crippen molar-refractivity contribution < 1.29 is 4.48 Å². The predicted octanol–water partition coefficient (Wildman–Crippen LogP) is 2.98. The zero-order chi connectivity index (χ0) is 13.8. The molecule has 0 bridgehead atoms. The summed E-state index contributed by atoms with van der Waals surface area (Å²) in [4.78, 5) is 2.70. The van der Waals surface area contributed by atoms with Gasteiger partial charge in [0.05, 0.1) is 25.7 Å². The molecule has 0 radical (unpaired) electrons. The third-order valence-electron chi connectivity index (χ3n) is 5.73. The Morgan fingerprint density at radius 1 is 0.944 bits per heavy atom. The number of nitrogens with zero attached hydrogens (tertiary/aromatic N) is 2. The third-order valence-corrected chi connectivity index (χ3v) is 5.73. The number of piperidine rings is 1. The maximum atomic E-state index is 2.70. The number of hydrogen-bond donors (Lipinski definition) is 0. The van der Waals surface area contributed by atoms with Gasteiger partial charge in [-0.15, -0.1) is 0 Å². The fraction of sp³-hybridized carbons (Fsp3) is 1.00. The first-order valence-corrected chi connectivity index (χ1v) is 7.63. The molecule has 0 spiro atoms. The Kier molecular flexibility index (Phi) is 3.35. The van der Waals surface area contributed by atoms with Gasteiger partial charge in [-0.1, -0.05) is 0 Å². The molecule has 2 rings (SSSR count). The molecular weight excluding hydrogens is 220 g/mol. The summed E-state index contributed by atoms with van der Waals surface area (Å²) in [6.07, 6.45) is 1.41. The summed E-state index contributed by atoms with van der Waals surface area (Å²) in [6, 6.07) is 0. The third kappa shape index (κ3) is 2.46. The predicted molar refractivity (Wildman–Crippen MR) is 78.6 cm³/mol. The van der Waals surface area contributed by atoms with E-state index in [1.54, 1.807) is 0 Å². The van der Waals surface area contributed by atoms with Crippen LogP contribution in [0.2, 0.25) is 0 Å². The van der Waals surface area contributed by atoms with Crippen LogP contribution in [0.4, 0.5) is 0 Å². The van der Waals surface area contributed by atoms with Crippen LogP contribution in [0.1, 0.15) is 48.0 Å². The van der Waals surface area contributed by atoms with Crippen LogP contribution in [0.5, 0.6) is 0 Å². The Labute approximate surface area is 114 Å². The lowest BCUT2D eigenvalue weighted by atomic mass is 9.86. The van der Waals surface area contributed by atoms with Gasteiger partial charge in [-0.25, -0.2) is 0 Å². The summed E-state index contributed by atoms with van der Waals surface area (Å²) in [5, 5.41) is 0. The van der Waals surface area contributed by atoms with Crippen LogP contribution >= 0.6 is 0 Å². The zero-order valence-corrected chi connectivity index (χ0v) is 13.6. The summed E-state index contributed by atoms with van der Waals surface area (Å²) < 4.78 is 1.26. The van der Waals surface area contributed by atoms with E-state index in [4.69, 9.17) is 0 Å². The van der Waals surface area contributed by atoms with E-state index in [9.17, 15) is 0 Å². The Balaban J connectivity index is 2.08. The lowest BCUT2D eigenvalue weighted by Gasteiger charge is -2.43. The Morgan fingerprint density at radius 2 is 1.50 bits per heavy atom. The van der Waals surface area contributed by atoms with E-state index in [0.29, 0.717) is 11.1 Å². The number of rotatable bonds is 0. The quantitative estimate of drug-likeness (QED) is 0.600. The monoisotopic (exact) mass is 253 g/mol. The van der Waals surface area contributed by atoms with Gasteiger partial charge in [-0.3, -0.25) is 4.90 Å². The molecule has 0 aliphatic carbocycles. The van der Waals surface area contributed by atoms with Crippen molar-refractivity contribution in [1.82, 2.24) is 4.90 Å². The van der Waals surface area contributed by atoms with Gasteiger partial charge in [0.25, 0.3) is 0 Å². The molecule has 3 unspecified atom stereocenters. The Morgan fingerprint density at radius 3 is 2.00 bits per heavy atom. The van der Waals surface area contributed by atoms with Gasteiger partial charge in [0.2, 0.25) is 0 Å². The molecule has 0 amide bonds. The molecule has 2 heterocycles. The van der Waals surface area contributed by atoms with Gasteiger partial charge >= 0.3 is 0 Å². The first kappa shape index (κ1) is 14.3. The van der Waals surface area contributed by atoms with Crippen LogP contribution in [0.15, 0.2) is 0 Å². The summed E-state index contributed by atoms with van der Waals surface area (Å²) in [5.41, 5.74) is 0.739. The molecule has 0 aromatic carbocycles. The van der Waals surface area contributed by atoms with Crippen molar-refractivity contribution in [3.05, 3.63) is 0 Å². The molecule has 0 saturated carbocycles. The maximum absolute atomic E-state index is 2.70. The SMILES string of the molecule is CC(C)(C)N1CCC2C[N+](C)(C(C)(C)C)CC2C1. The molecule has 18 heavy (non-hydrogen) atoms. The minimum absolute atomic E-state index is 0.346. The molecule has 2 aliphatic heterocycles. The number of likely N-dealkylation sites (tertiary alicyclic amines) is 2. The molecule has 0 N–H and O–H groups in total. The van der Waals surface area contributed by atoms with Crippen molar-refractivity contribution in [3.8, 4) is 0 Å². The molecule has 0 aromatic rings. The highest BCUT2D eigenvalue weighted by atomic mass is 15.4. The van der Waals surface area contributed by atoms with E-state index in [1.165, 1.54) is 37.1 Å². The highest BCUT2D eigenvalue weighted by molar-refractivity contribution is 4.90. The minimum atomic E-state index is 0.346. The topological polar surface area (TPSA) is 3.24 Å². The van der Waals surface area contributed by atoms with Crippen molar-refractivity contribution in [1.29, 1.82) is 0 Å². The molecule has 2 fully saturated rings. The van der Waals surface area contributed by atoms with Crippen LogP contribution in [0.3, 0.4) is 0 Å². The van der Waals surface area contributed by atoms with Crippen LogP contribution in [0.25, 0.3) is 0 Å². The second kappa shape index (κ2) is 4.21. The lowest BCUT2D eigenvalue weighted by Crippen LogP contribution is -2.56. The fourth-order valence-electron chi connectivity index (χ4n) is 3.79. The zero-order valence-electron chi connectivity index (χ0n) is 13.6. The second-order valence-electron chi connectivity index (χ2n) is 8.86. The van der Waals surface area contributed by atoms with E-state index in [-0.39, 0.29) is 0 Å². The van der Waals surface area contributed by atoms with Crippen molar-refractivity contribution in [3.63, 3.8) is 0 Å². The van der Waals surface area contributed by atoms with Crippen LogP contribution in [0, 0.1) is 11.8 Å². The molecule has 3 atom stereocenters. The first-order valence-electron chi connectivity index (χ1n) is 7.63.